The van der Waals surface area contributed by atoms with Crippen molar-refractivity contribution in [2.24, 2.45) is 5.10 Å². The van der Waals surface area contributed by atoms with Crippen molar-refractivity contribution < 1.29 is 19.0 Å². The van der Waals surface area contributed by atoms with Crippen molar-refractivity contribution in [3.8, 4) is 17.2 Å². The zero-order valence-corrected chi connectivity index (χ0v) is 15.0. The van der Waals surface area contributed by atoms with Gasteiger partial charge in [0.2, 0.25) is 5.91 Å². The highest BCUT2D eigenvalue weighted by Gasteiger charge is 2.09. The molecule has 0 unspecified atom stereocenters. The van der Waals surface area contributed by atoms with E-state index in [1.54, 1.807) is 31.4 Å². The molecular weight excluding hydrogens is 344 g/mol. The Labute approximate surface area is 151 Å². The first-order valence-corrected chi connectivity index (χ1v) is 7.81. The largest absolute Gasteiger partial charge is 0.497 e. The number of hydrogen-bond donors (Lipinski definition) is 1. The molecule has 0 heterocycles. The molecule has 1 N–H and O–H groups in total. The van der Waals surface area contributed by atoms with Crippen LogP contribution in [0.15, 0.2) is 41.5 Å². The Morgan fingerprint density at radius 3 is 2.32 bits per heavy atom. The summed E-state index contributed by atoms with van der Waals surface area (Å²) in [5.41, 5.74) is 3.93. The summed E-state index contributed by atoms with van der Waals surface area (Å²) >= 11 is 6.16. The van der Waals surface area contributed by atoms with Gasteiger partial charge in [-0.15, -0.1) is 0 Å². The predicted molar refractivity (Wildman–Crippen MR) is 97.0 cm³/mol. The van der Waals surface area contributed by atoms with Gasteiger partial charge in [0.25, 0.3) is 0 Å². The molecule has 1 amide bonds. The van der Waals surface area contributed by atoms with E-state index >= 15 is 0 Å². The highest BCUT2D eigenvalue weighted by atomic mass is 35.5. The van der Waals surface area contributed by atoms with Gasteiger partial charge in [-0.05, 0) is 23.8 Å². The van der Waals surface area contributed by atoms with E-state index in [1.165, 1.54) is 20.4 Å². The molecule has 0 aliphatic rings. The van der Waals surface area contributed by atoms with Crippen LogP contribution in [-0.2, 0) is 11.2 Å². The van der Waals surface area contributed by atoms with E-state index in [0.29, 0.717) is 22.1 Å². The Morgan fingerprint density at radius 1 is 1.08 bits per heavy atom. The highest BCUT2D eigenvalue weighted by molar-refractivity contribution is 6.33. The number of benzene rings is 2. The summed E-state index contributed by atoms with van der Waals surface area (Å²) in [6.07, 6.45) is 1.66. The van der Waals surface area contributed by atoms with Crippen LogP contribution in [0.4, 0.5) is 0 Å². The van der Waals surface area contributed by atoms with Crippen LogP contribution in [0.3, 0.4) is 0 Å². The van der Waals surface area contributed by atoms with Crippen molar-refractivity contribution in [2.75, 3.05) is 21.3 Å². The number of hydrogen-bond acceptors (Lipinski definition) is 5. The number of carbonyl (C=O) groups excluding carboxylic acids is 1. The number of nitrogens with zero attached hydrogens (tertiary/aromatic N) is 1. The lowest BCUT2D eigenvalue weighted by Crippen LogP contribution is -2.19. The monoisotopic (exact) mass is 362 g/mol. The van der Waals surface area contributed by atoms with E-state index in [0.717, 1.165) is 11.3 Å². The van der Waals surface area contributed by atoms with Crippen LogP contribution in [0.2, 0.25) is 5.02 Å². The van der Waals surface area contributed by atoms with Gasteiger partial charge in [0.1, 0.15) is 5.75 Å². The molecule has 0 atom stereocenters. The molecule has 0 aromatic heterocycles. The first-order chi connectivity index (χ1) is 12.1. The summed E-state index contributed by atoms with van der Waals surface area (Å²) in [7, 11) is 4.65. The average Bonchev–Trinajstić information content (AvgIpc) is 2.63. The second-order valence-electron chi connectivity index (χ2n) is 5.05. The van der Waals surface area contributed by atoms with Crippen LogP contribution < -0.4 is 19.6 Å². The van der Waals surface area contributed by atoms with Gasteiger partial charge in [0, 0.05) is 11.6 Å². The lowest BCUT2D eigenvalue weighted by atomic mass is 10.1. The molecule has 0 aliphatic heterocycles. The number of ether oxygens (including phenoxy) is 3. The van der Waals surface area contributed by atoms with Crippen LogP contribution in [0.1, 0.15) is 11.1 Å². The second kappa shape index (κ2) is 8.94. The summed E-state index contributed by atoms with van der Waals surface area (Å²) in [4.78, 5) is 11.9. The summed E-state index contributed by atoms with van der Waals surface area (Å²) in [5.74, 6) is 1.55. The lowest BCUT2D eigenvalue weighted by Gasteiger charge is -2.09. The molecule has 0 spiro atoms. The second-order valence-corrected chi connectivity index (χ2v) is 5.45. The molecule has 6 nitrogen and oxygen atoms in total. The van der Waals surface area contributed by atoms with Crippen LogP contribution >= 0.6 is 11.6 Å². The van der Waals surface area contributed by atoms with Crippen LogP contribution in [0.5, 0.6) is 17.2 Å². The molecule has 0 saturated heterocycles. The number of carbonyl (C=O) groups is 1. The molecule has 0 aliphatic carbocycles. The zero-order chi connectivity index (χ0) is 18.2. The zero-order valence-electron chi connectivity index (χ0n) is 14.2. The molecule has 0 bridgehead atoms. The summed E-state index contributed by atoms with van der Waals surface area (Å²) in [6.45, 7) is 0. The molecular formula is C18H19ClN2O4. The van der Waals surface area contributed by atoms with Crippen molar-refractivity contribution in [2.45, 2.75) is 6.42 Å². The number of halogens is 1. The Hall–Kier alpha value is -2.73. The first-order valence-electron chi connectivity index (χ1n) is 7.43. The molecule has 2 rings (SSSR count). The van der Waals surface area contributed by atoms with E-state index in [9.17, 15) is 4.79 Å². The number of methoxy groups -OCH3 is 3. The topological polar surface area (TPSA) is 69.2 Å². The maximum Gasteiger partial charge on any atom is 0.244 e. The number of hydrazone groups is 1. The van der Waals surface area contributed by atoms with Gasteiger partial charge < -0.3 is 14.2 Å². The summed E-state index contributed by atoms with van der Waals surface area (Å²) < 4.78 is 15.5. The minimum Gasteiger partial charge on any atom is -0.497 e. The third-order valence-electron chi connectivity index (χ3n) is 3.42. The van der Waals surface area contributed by atoms with E-state index in [1.807, 2.05) is 12.1 Å². The Morgan fingerprint density at radius 2 is 1.72 bits per heavy atom. The fourth-order valence-electron chi connectivity index (χ4n) is 2.11. The van der Waals surface area contributed by atoms with Gasteiger partial charge in [-0.3, -0.25) is 4.79 Å². The van der Waals surface area contributed by atoms with Gasteiger partial charge in [-0.25, -0.2) is 5.43 Å². The third-order valence-corrected chi connectivity index (χ3v) is 3.75. The molecule has 25 heavy (non-hydrogen) atoms. The lowest BCUT2D eigenvalue weighted by molar-refractivity contribution is -0.120. The molecule has 132 valence electrons. The molecule has 0 fully saturated rings. The van der Waals surface area contributed by atoms with Crippen LogP contribution in [0, 0.1) is 0 Å². The molecule has 7 heteroatoms. The molecule has 2 aromatic carbocycles. The van der Waals surface area contributed by atoms with Gasteiger partial charge in [-0.2, -0.15) is 5.10 Å². The van der Waals surface area contributed by atoms with Gasteiger partial charge in [-0.1, -0.05) is 23.7 Å². The van der Waals surface area contributed by atoms with Crippen molar-refractivity contribution in [1.29, 1.82) is 0 Å². The fourth-order valence-corrected chi connectivity index (χ4v) is 2.31. The van der Waals surface area contributed by atoms with Crippen molar-refractivity contribution >= 4 is 23.7 Å². The molecule has 0 saturated carbocycles. The first kappa shape index (κ1) is 18.6. The van der Waals surface area contributed by atoms with E-state index in [2.05, 4.69) is 10.5 Å². The van der Waals surface area contributed by atoms with Crippen molar-refractivity contribution in [3.63, 3.8) is 0 Å². The van der Waals surface area contributed by atoms with Crippen molar-refractivity contribution in [3.05, 3.63) is 52.5 Å². The normalized spacial score (nSPS) is 10.6. The van der Waals surface area contributed by atoms with E-state index in [-0.39, 0.29) is 12.3 Å². The number of nitrogens with one attached hydrogen (secondary N) is 1. The maximum atomic E-state index is 11.9. The number of amides is 1. The minimum atomic E-state index is -0.238. The van der Waals surface area contributed by atoms with Gasteiger partial charge in [0.05, 0.1) is 39.0 Å². The van der Waals surface area contributed by atoms with E-state index < -0.39 is 0 Å². The summed E-state index contributed by atoms with van der Waals surface area (Å²) in [5, 5.41) is 4.37. The smallest absolute Gasteiger partial charge is 0.244 e. The molecule has 2 aromatic rings. The average molecular weight is 363 g/mol. The maximum absolute atomic E-state index is 11.9. The molecule has 0 radical (unpaired) electrons. The fraction of sp³-hybridized carbons (Fsp3) is 0.222. The van der Waals surface area contributed by atoms with Crippen LogP contribution in [0.25, 0.3) is 0 Å². The summed E-state index contributed by atoms with van der Waals surface area (Å²) in [6, 6.07) is 10.6. The standard InChI is InChI=1S/C18H19ClN2O4/c1-23-14-6-4-12(5-7-14)8-18(22)21-20-11-13-9-16(24-2)17(25-3)10-15(13)19/h4-7,9-11H,8H2,1-3H3,(H,21,22)/b20-11-. The van der Waals surface area contributed by atoms with Gasteiger partial charge in [0.15, 0.2) is 11.5 Å². The third kappa shape index (κ3) is 5.12. The Kier molecular flexibility index (Phi) is 6.65. The quantitative estimate of drug-likeness (QED) is 0.607. The highest BCUT2D eigenvalue weighted by Crippen LogP contribution is 2.32. The minimum absolute atomic E-state index is 0.209. The van der Waals surface area contributed by atoms with Crippen LogP contribution in [-0.4, -0.2) is 33.5 Å². The van der Waals surface area contributed by atoms with Crippen molar-refractivity contribution in [1.82, 2.24) is 5.43 Å². The number of rotatable bonds is 7. The van der Waals surface area contributed by atoms with E-state index in [4.69, 9.17) is 25.8 Å². The SMILES string of the molecule is COc1ccc(CC(=O)N/N=C\c2cc(OC)c(OC)cc2Cl)cc1. The Bertz CT molecular complexity index is 760. The van der Waals surface area contributed by atoms with Gasteiger partial charge >= 0.3 is 0 Å². The predicted octanol–water partition coefficient (Wildman–Crippen LogP) is 3.06. The Balaban J connectivity index is 1.98.